The molecule has 0 atom stereocenters. The van der Waals surface area contributed by atoms with Crippen molar-refractivity contribution in [1.82, 2.24) is 0 Å². The smallest absolute Gasteiger partial charge is 0.114 e. The summed E-state index contributed by atoms with van der Waals surface area (Å²) < 4.78 is 15.0. The molecular weight excluding hydrogens is 207 g/mol. The molecule has 0 unspecified atom stereocenters. The minimum atomic E-state index is -2.92. The normalized spacial score (nSPS) is 11.9. The van der Waals surface area contributed by atoms with Gasteiger partial charge in [-0.3, -0.25) is 0 Å². The van der Waals surface area contributed by atoms with E-state index >= 15 is 0 Å². The van der Waals surface area contributed by atoms with Crippen LogP contribution < -0.4 is 0 Å². The minimum absolute atomic E-state index is 0.199. The van der Waals surface area contributed by atoms with Crippen LogP contribution in [0, 0.1) is 0 Å². The van der Waals surface area contributed by atoms with Gasteiger partial charge in [0.05, 0.1) is 33.0 Å². The maximum absolute atomic E-state index is 8.92. The fraction of sp³-hybridized carbons (Fsp3) is 0.875. The van der Waals surface area contributed by atoms with Crippen LogP contribution in [0.15, 0.2) is 0 Å². The zero-order valence-corrected chi connectivity index (χ0v) is 9.41. The van der Waals surface area contributed by atoms with Crippen molar-refractivity contribution < 1.29 is 24.0 Å². The van der Waals surface area contributed by atoms with Crippen LogP contribution in [0.3, 0.4) is 0 Å². The number of ether oxygens (including phenoxy) is 3. The summed E-state index contributed by atoms with van der Waals surface area (Å²) in [5.41, 5.74) is 0. The van der Waals surface area contributed by atoms with Gasteiger partial charge in [-0.1, -0.05) is 6.30 Å². The Morgan fingerprint density at radius 1 is 1.00 bits per heavy atom. The third-order valence-corrected chi connectivity index (χ3v) is 2.30. The topological polar surface area (TPSA) is 68.2 Å². The van der Waals surface area contributed by atoms with Gasteiger partial charge in [-0.05, 0) is 0 Å². The average molecular weight is 226 g/mol. The molecule has 2 N–H and O–H groups in total. The molecule has 0 heterocycles. The first-order chi connectivity index (χ1) is 6.56. The lowest BCUT2D eigenvalue weighted by Gasteiger charge is -2.09. The van der Waals surface area contributed by atoms with Crippen molar-refractivity contribution in [3.05, 3.63) is 0 Å². The lowest BCUT2D eigenvalue weighted by molar-refractivity contribution is 0.0281. The van der Waals surface area contributed by atoms with E-state index in [-0.39, 0.29) is 6.16 Å². The van der Waals surface area contributed by atoms with Crippen molar-refractivity contribution in [2.45, 2.75) is 0 Å². The van der Waals surface area contributed by atoms with E-state index in [2.05, 4.69) is 6.30 Å². The van der Waals surface area contributed by atoms with Crippen LogP contribution >= 0.6 is 7.34 Å². The highest BCUT2D eigenvalue weighted by Crippen LogP contribution is 2.32. The first-order valence-electron chi connectivity index (χ1n) is 4.38. The molecule has 0 fully saturated rings. The lowest BCUT2D eigenvalue weighted by atomic mass is 10.7. The molecule has 0 aromatic heterocycles. The quantitative estimate of drug-likeness (QED) is 0.425. The Morgan fingerprint density at radius 2 is 1.50 bits per heavy atom. The summed E-state index contributed by atoms with van der Waals surface area (Å²) in [5.74, 6) is 0. The van der Waals surface area contributed by atoms with Gasteiger partial charge in [-0.2, -0.15) is 0 Å². The maximum Gasteiger partial charge on any atom is 0.114 e. The predicted molar refractivity (Wildman–Crippen MR) is 56.9 cm³/mol. The summed E-state index contributed by atoms with van der Waals surface area (Å²) in [6.07, 6.45) is 3.42. The first-order valence-corrected chi connectivity index (χ1v) is 6.45. The number of methoxy groups -OCH3 is 1. The van der Waals surface area contributed by atoms with Gasteiger partial charge in [-0.15, -0.1) is 0 Å². The SMILES string of the molecule is C=P(O)(O)CCOCCOCCOC. The molecule has 0 saturated heterocycles. The van der Waals surface area contributed by atoms with Crippen molar-refractivity contribution >= 4 is 13.6 Å². The molecule has 0 saturated carbocycles. The van der Waals surface area contributed by atoms with E-state index in [1.165, 1.54) is 0 Å². The molecule has 0 aromatic carbocycles. The van der Waals surface area contributed by atoms with Crippen LogP contribution in [0.4, 0.5) is 0 Å². The highest BCUT2D eigenvalue weighted by molar-refractivity contribution is 7.62. The van der Waals surface area contributed by atoms with E-state index < -0.39 is 7.34 Å². The Morgan fingerprint density at radius 3 is 2.00 bits per heavy atom. The second-order valence-corrected chi connectivity index (χ2v) is 5.02. The van der Waals surface area contributed by atoms with Gasteiger partial charge in [0.2, 0.25) is 0 Å². The molecule has 0 aliphatic rings. The second kappa shape index (κ2) is 8.41. The predicted octanol–water partition coefficient (Wildman–Crippen LogP) is -0.0698. The average Bonchev–Trinajstić information content (AvgIpc) is 2.08. The lowest BCUT2D eigenvalue weighted by Crippen LogP contribution is -2.10. The van der Waals surface area contributed by atoms with Crippen LogP contribution in [0.25, 0.3) is 0 Å². The molecule has 0 amide bonds. The van der Waals surface area contributed by atoms with Gasteiger partial charge >= 0.3 is 0 Å². The van der Waals surface area contributed by atoms with Gasteiger partial charge < -0.3 is 24.0 Å². The summed E-state index contributed by atoms with van der Waals surface area (Å²) in [6.45, 7) is 2.36. The third-order valence-electron chi connectivity index (χ3n) is 1.40. The van der Waals surface area contributed by atoms with Gasteiger partial charge in [0, 0.05) is 13.3 Å². The molecule has 0 bridgehead atoms. The van der Waals surface area contributed by atoms with Gasteiger partial charge in [-0.25, -0.2) is 0 Å². The fourth-order valence-electron chi connectivity index (χ4n) is 0.675. The monoisotopic (exact) mass is 226 g/mol. The number of hydrogen-bond acceptors (Lipinski definition) is 5. The molecule has 0 aliphatic heterocycles. The van der Waals surface area contributed by atoms with Crippen LogP contribution in [-0.4, -0.2) is 62.4 Å². The highest BCUT2D eigenvalue weighted by Gasteiger charge is 2.02. The first kappa shape index (κ1) is 14.1. The standard InChI is InChI=1S/C8H19O5P/c1-11-3-4-12-5-6-13-7-8-14(2,9)10/h9-10H,2-8H2,1H3. The molecule has 0 radical (unpaired) electrons. The maximum atomic E-state index is 8.92. The van der Waals surface area contributed by atoms with Crippen LogP contribution in [-0.2, 0) is 14.2 Å². The van der Waals surface area contributed by atoms with Gasteiger partial charge in [0.25, 0.3) is 0 Å². The molecule has 0 rings (SSSR count). The summed E-state index contributed by atoms with van der Waals surface area (Å²) in [5, 5.41) is 0. The van der Waals surface area contributed by atoms with Crippen LogP contribution in [0.5, 0.6) is 0 Å². The van der Waals surface area contributed by atoms with Crippen molar-refractivity contribution in [3.8, 4) is 0 Å². The van der Waals surface area contributed by atoms with E-state index in [4.69, 9.17) is 24.0 Å². The third kappa shape index (κ3) is 12.1. The highest BCUT2D eigenvalue weighted by atomic mass is 31.2. The van der Waals surface area contributed by atoms with Crippen molar-refractivity contribution in [1.29, 1.82) is 0 Å². The number of hydrogen-bond donors (Lipinski definition) is 2. The van der Waals surface area contributed by atoms with Crippen molar-refractivity contribution in [3.63, 3.8) is 0 Å². The number of rotatable bonds is 9. The van der Waals surface area contributed by atoms with Crippen LogP contribution in [0.2, 0.25) is 0 Å². The fourth-order valence-corrected chi connectivity index (χ4v) is 1.10. The Balaban J connectivity index is 3.03. The Labute approximate surface area is 84.7 Å². The van der Waals surface area contributed by atoms with E-state index in [9.17, 15) is 0 Å². The molecule has 0 aliphatic carbocycles. The zero-order chi connectivity index (χ0) is 10.9. The van der Waals surface area contributed by atoms with E-state index in [0.717, 1.165) is 0 Å². The summed E-state index contributed by atoms with van der Waals surface area (Å²) in [6, 6.07) is 0. The Bertz CT molecular complexity index is 167. The molecule has 0 spiro atoms. The summed E-state index contributed by atoms with van der Waals surface area (Å²) in [4.78, 5) is 17.8. The summed E-state index contributed by atoms with van der Waals surface area (Å²) in [7, 11) is -1.31. The molecule has 5 nitrogen and oxygen atoms in total. The van der Waals surface area contributed by atoms with Gasteiger partial charge in [0.1, 0.15) is 7.34 Å². The molecule has 86 valence electrons. The van der Waals surface area contributed by atoms with Crippen molar-refractivity contribution in [2.75, 3.05) is 46.3 Å². The van der Waals surface area contributed by atoms with E-state index in [0.29, 0.717) is 33.0 Å². The molecule has 0 aromatic rings. The minimum Gasteiger partial charge on any atom is -0.382 e. The second-order valence-electron chi connectivity index (χ2n) is 2.82. The van der Waals surface area contributed by atoms with Crippen LogP contribution in [0.1, 0.15) is 0 Å². The molecule has 14 heavy (non-hydrogen) atoms. The summed E-state index contributed by atoms with van der Waals surface area (Å²) >= 11 is 0. The molecular formula is C8H19O5P. The van der Waals surface area contributed by atoms with Gasteiger partial charge in [0.15, 0.2) is 0 Å². The zero-order valence-electron chi connectivity index (χ0n) is 8.52. The Kier molecular flexibility index (Phi) is 8.47. The van der Waals surface area contributed by atoms with Crippen molar-refractivity contribution in [2.24, 2.45) is 0 Å². The van der Waals surface area contributed by atoms with E-state index in [1.807, 2.05) is 0 Å². The molecule has 6 heteroatoms. The largest absolute Gasteiger partial charge is 0.382 e. The van der Waals surface area contributed by atoms with E-state index in [1.54, 1.807) is 7.11 Å². The Hall–Kier alpha value is 0.100.